The van der Waals surface area contributed by atoms with Crippen molar-refractivity contribution in [2.75, 3.05) is 37.6 Å². The fourth-order valence-corrected chi connectivity index (χ4v) is 2.43. The Kier molecular flexibility index (Phi) is 4.77. The van der Waals surface area contributed by atoms with Crippen LogP contribution >= 0.6 is 0 Å². The third kappa shape index (κ3) is 3.32. The number of hydrogen-bond donors (Lipinski definition) is 0. The molecule has 0 unspecified atom stereocenters. The lowest BCUT2D eigenvalue weighted by atomic mass is 10.3. The van der Waals surface area contributed by atoms with Gasteiger partial charge in [-0.1, -0.05) is 0 Å². The summed E-state index contributed by atoms with van der Waals surface area (Å²) in [6.07, 6.45) is 0. The minimum atomic E-state index is -0.334. The maximum absolute atomic E-state index is 12.9. The summed E-state index contributed by atoms with van der Waals surface area (Å²) in [6, 6.07) is 5.59. The Labute approximate surface area is 123 Å². The molecule has 0 aromatic heterocycles. The normalized spacial score (nSPS) is 14.7. The standard InChI is InChI=1S/C15H20FN3O2/c1-3-17(4-2)14(20)11-18-9-10-19(15(18)21)13-7-5-12(16)6-8-13/h5-8H,3-4,9-11H2,1-2H3. The molecule has 5 nitrogen and oxygen atoms in total. The van der Waals surface area contributed by atoms with Crippen molar-refractivity contribution in [2.24, 2.45) is 0 Å². The van der Waals surface area contributed by atoms with E-state index in [4.69, 9.17) is 0 Å². The van der Waals surface area contributed by atoms with Gasteiger partial charge in [-0.2, -0.15) is 0 Å². The van der Waals surface area contributed by atoms with Gasteiger partial charge in [0, 0.05) is 31.9 Å². The van der Waals surface area contributed by atoms with Gasteiger partial charge in [-0.25, -0.2) is 9.18 Å². The van der Waals surface area contributed by atoms with E-state index in [0.29, 0.717) is 31.9 Å². The van der Waals surface area contributed by atoms with E-state index in [1.165, 1.54) is 17.0 Å². The average molecular weight is 293 g/mol. The molecule has 0 saturated carbocycles. The maximum Gasteiger partial charge on any atom is 0.325 e. The summed E-state index contributed by atoms with van der Waals surface area (Å²) in [5.41, 5.74) is 0.652. The second kappa shape index (κ2) is 6.56. The number of hydrogen-bond acceptors (Lipinski definition) is 2. The van der Waals surface area contributed by atoms with E-state index in [9.17, 15) is 14.0 Å². The summed E-state index contributed by atoms with van der Waals surface area (Å²) in [5.74, 6) is -0.381. The minimum Gasteiger partial charge on any atom is -0.342 e. The van der Waals surface area contributed by atoms with Crippen LogP contribution in [0.25, 0.3) is 0 Å². The lowest BCUT2D eigenvalue weighted by Gasteiger charge is -2.23. The molecule has 1 aliphatic heterocycles. The summed E-state index contributed by atoms with van der Waals surface area (Å²) in [4.78, 5) is 29.2. The molecule has 0 radical (unpaired) electrons. The molecule has 1 fully saturated rings. The minimum absolute atomic E-state index is 0.0469. The number of anilines is 1. The number of amides is 3. The number of rotatable bonds is 5. The van der Waals surface area contributed by atoms with Gasteiger partial charge in [0.15, 0.2) is 0 Å². The van der Waals surface area contributed by atoms with Crippen LogP contribution in [0.5, 0.6) is 0 Å². The molecule has 0 aliphatic carbocycles. The molecule has 0 spiro atoms. The van der Waals surface area contributed by atoms with Crippen molar-refractivity contribution >= 4 is 17.6 Å². The molecular weight excluding hydrogens is 273 g/mol. The van der Waals surface area contributed by atoms with E-state index in [0.717, 1.165) is 0 Å². The Balaban J connectivity index is 2.01. The number of benzene rings is 1. The topological polar surface area (TPSA) is 43.9 Å². The van der Waals surface area contributed by atoms with Crippen molar-refractivity contribution in [2.45, 2.75) is 13.8 Å². The lowest BCUT2D eigenvalue weighted by molar-refractivity contribution is -0.131. The Morgan fingerprint density at radius 3 is 2.38 bits per heavy atom. The van der Waals surface area contributed by atoms with Crippen LogP contribution in [0.4, 0.5) is 14.9 Å². The molecule has 6 heteroatoms. The molecule has 114 valence electrons. The van der Waals surface area contributed by atoms with Crippen LogP contribution in [-0.4, -0.2) is 54.5 Å². The summed E-state index contributed by atoms with van der Waals surface area (Å²) in [5, 5.41) is 0. The van der Waals surface area contributed by atoms with Gasteiger partial charge in [-0.3, -0.25) is 9.69 Å². The number of carbonyl (C=O) groups is 2. The van der Waals surface area contributed by atoms with Crippen LogP contribution < -0.4 is 4.90 Å². The van der Waals surface area contributed by atoms with Gasteiger partial charge in [0.25, 0.3) is 0 Å². The fourth-order valence-electron chi connectivity index (χ4n) is 2.43. The van der Waals surface area contributed by atoms with E-state index >= 15 is 0 Å². The molecule has 1 aromatic rings. The molecule has 3 amide bonds. The summed E-state index contributed by atoms with van der Waals surface area (Å²) < 4.78 is 12.9. The number of urea groups is 1. The van der Waals surface area contributed by atoms with E-state index in [-0.39, 0.29) is 24.3 Å². The van der Waals surface area contributed by atoms with Crippen LogP contribution in [0.2, 0.25) is 0 Å². The van der Waals surface area contributed by atoms with Crippen molar-refractivity contribution in [3.05, 3.63) is 30.1 Å². The number of nitrogens with zero attached hydrogens (tertiary/aromatic N) is 3. The van der Waals surface area contributed by atoms with Gasteiger partial charge in [-0.05, 0) is 38.1 Å². The van der Waals surface area contributed by atoms with Gasteiger partial charge in [0.2, 0.25) is 5.91 Å². The monoisotopic (exact) mass is 293 g/mol. The Hall–Kier alpha value is -2.11. The highest BCUT2D eigenvalue weighted by atomic mass is 19.1. The predicted octanol–water partition coefficient (Wildman–Crippen LogP) is 1.94. The van der Waals surface area contributed by atoms with Gasteiger partial charge in [0.1, 0.15) is 12.4 Å². The SMILES string of the molecule is CCN(CC)C(=O)CN1CCN(c2ccc(F)cc2)C1=O. The largest absolute Gasteiger partial charge is 0.342 e. The van der Waals surface area contributed by atoms with E-state index in [1.54, 1.807) is 21.9 Å². The molecule has 1 aliphatic rings. The van der Waals surface area contributed by atoms with Gasteiger partial charge < -0.3 is 9.80 Å². The Bertz CT molecular complexity index is 514. The van der Waals surface area contributed by atoms with Crippen molar-refractivity contribution < 1.29 is 14.0 Å². The lowest BCUT2D eigenvalue weighted by Crippen LogP contribution is -2.42. The van der Waals surface area contributed by atoms with Gasteiger partial charge >= 0.3 is 6.03 Å². The maximum atomic E-state index is 12.9. The third-order valence-electron chi connectivity index (χ3n) is 3.68. The first-order chi connectivity index (χ1) is 10.1. The van der Waals surface area contributed by atoms with Gasteiger partial charge in [0.05, 0.1) is 0 Å². The molecular formula is C15H20FN3O2. The summed E-state index contributed by atoms with van der Waals surface area (Å²) >= 11 is 0. The predicted molar refractivity (Wildman–Crippen MR) is 78.6 cm³/mol. The highest BCUT2D eigenvalue weighted by molar-refractivity contribution is 5.96. The molecule has 0 N–H and O–H groups in total. The van der Waals surface area contributed by atoms with Crippen LogP contribution in [0.3, 0.4) is 0 Å². The van der Waals surface area contributed by atoms with Crippen LogP contribution in [0.15, 0.2) is 24.3 Å². The smallest absolute Gasteiger partial charge is 0.325 e. The first-order valence-electron chi connectivity index (χ1n) is 7.16. The van der Waals surface area contributed by atoms with Crippen molar-refractivity contribution in [1.29, 1.82) is 0 Å². The van der Waals surface area contributed by atoms with Crippen molar-refractivity contribution in [3.63, 3.8) is 0 Å². The third-order valence-corrected chi connectivity index (χ3v) is 3.68. The van der Waals surface area contributed by atoms with Crippen molar-refractivity contribution in [3.8, 4) is 0 Å². The first kappa shape index (κ1) is 15.3. The average Bonchev–Trinajstić information content (AvgIpc) is 2.83. The Morgan fingerprint density at radius 1 is 1.19 bits per heavy atom. The zero-order valence-electron chi connectivity index (χ0n) is 12.4. The Morgan fingerprint density at radius 2 is 1.81 bits per heavy atom. The van der Waals surface area contributed by atoms with E-state index in [2.05, 4.69) is 0 Å². The molecule has 1 heterocycles. The summed E-state index contributed by atoms with van der Waals surface area (Å²) in [7, 11) is 0. The second-order valence-electron chi connectivity index (χ2n) is 4.90. The van der Waals surface area contributed by atoms with Crippen LogP contribution in [0, 0.1) is 5.82 Å². The number of halogens is 1. The molecule has 0 bridgehead atoms. The highest BCUT2D eigenvalue weighted by Crippen LogP contribution is 2.20. The number of carbonyl (C=O) groups excluding carboxylic acids is 2. The highest BCUT2D eigenvalue weighted by Gasteiger charge is 2.31. The number of likely N-dealkylation sites (N-methyl/N-ethyl adjacent to an activating group) is 1. The zero-order chi connectivity index (χ0) is 15.4. The van der Waals surface area contributed by atoms with Crippen LogP contribution in [-0.2, 0) is 4.79 Å². The zero-order valence-corrected chi connectivity index (χ0v) is 12.4. The molecule has 1 saturated heterocycles. The first-order valence-corrected chi connectivity index (χ1v) is 7.16. The fraction of sp³-hybridized carbons (Fsp3) is 0.467. The van der Waals surface area contributed by atoms with Crippen molar-refractivity contribution in [1.82, 2.24) is 9.80 Å². The second-order valence-corrected chi connectivity index (χ2v) is 4.90. The van der Waals surface area contributed by atoms with Crippen LogP contribution in [0.1, 0.15) is 13.8 Å². The molecule has 1 aromatic carbocycles. The molecule has 0 atom stereocenters. The molecule has 21 heavy (non-hydrogen) atoms. The van der Waals surface area contributed by atoms with E-state index in [1.807, 2.05) is 13.8 Å². The van der Waals surface area contributed by atoms with E-state index < -0.39 is 0 Å². The summed E-state index contributed by atoms with van der Waals surface area (Å²) in [6.45, 7) is 6.21. The molecule has 2 rings (SSSR count). The van der Waals surface area contributed by atoms with Gasteiger partial charge in [-0.15, -0.1) is 0 Å². The quantitative estimate of drug-likeness (QED) is 0.832.